The van der Waals surface area contributed by atoms with Gasteiger partial charge in [-0.25, -0.2) is 4.98 Å². The van der Waals surface area contributed by atoms with Crippen LogP contribution in [-0.2, 0) is 6.42 Å². The highest BCUT2D eigenvalue weighted by atomic mass is 16.5. The Morgan fingerprint density at radius 2 is 2.11 bits per heavy atom. The number of nitrogens with one attached hydrogen (secondary N) is 1. The number of benzene rings is 1. The maximum Gasteiger partial charge on any atom is 0.231 e. The summed E-state index contributed by atoms with van der Waals surface area (Å²) in [6.45, 7) is 0. The fourth-order valence-corrected chi connectivity index (χ4v) is 1.62. The van der Waals surface area contributed by atoms with Crippen LogP contribution in [0.2, 0.25) is 0 Å². The van der Waals surface area contributed by atoms with E-state index in [9.17, 15) is 0 Å². The van der Waals surface area contributed by atoms with Crippen molar-refractivity contribution in [2.75, 3.05) is 0 Å². The summed E-state index contributed by atoms with van der Waals surface area (Å²) in [5, 5.41) is 3.94. The minimum atomic E-state index is 0.511. The summed E-state index contributed by atoms with van der Waals surface area (Å²) in [5.41, 5.74) is 1.88. The number of nitrogens with zero attached hydrogens (tertiary/aromatic N) is 3. The van der Waals surface area contributed by atoms with Crippen LogP contribution in [0, 0.1) is 6.42 Å². The Labute approximate surface area is 104 Å². The first-order valence-electron chi connectivity index (χ1n) is 5.62. The molecular weight excluding hydrogens is 228 g/mol. The Bertz CT molecular complexity index is 601. The van der Waals surface area contributed by atoms with Gasteiger partial charge in [-0.1, -0.05) is 35.5 Å². The van der Waals surface area contributed by atoms with E-state index in [0.717, 1.165) is 11.3 Å². The number of hydrogen-bond donors (Lipinski definition) is 1. The molecule has 0 amide bonds. The summed E-state index contributed by atoms with van der Waals surface area (Å²) in [5.74, 6) is 1.11. The van der Waals surface area contributed by atoms with Crippen LogP contribution in [0.1, 0.15) is 11.6 Å². The monoisotopic (exact) mass is 239 g/mol. The predicted molar refractivity (Wildman–Crippen MR) is 65.4 cm³/mol. The fraction of sp³-hybridized carbons (Fsp3) is 0.0769. The van der Waals surface area contributed by atoms with Crippen LogP contribution in [0.3, 0.4) is 0 Å². The molecule has 0 spiro atoms. The smallest absolute Gasteiger partial charge is 0.231 e. The number of hydrogen-bond acceptors (Lipinski definition) is 4. The lowest BCUT2D eigenvalue weighted by atomic mass is 10.2. The molecule has 18 heavy (non-hydrogen) atoms. The van der Waals surface area contributed by atoms with Crippen molar-refractivity contribution in [2.45, 2.75) is 6.42 Å². The molecule has 0 bridgehead atoms. The molecule has 0 aliphatic rings. The number of imidazole rings is 1. The molecule has 89 valence electrons. The second-order valence-corrected chi connectivity index (χ2v) is 3.79. The maximum absolute atomic E-state index is 5.16. The van der Waals surface area contributed by atoms with E-state index in [4.69, 9.17) is 4.52 Å². The van der Waals surface area contributed by atoms with Gasteiger partial charge in [0.15, 0.2) is 0 Å². The van der Waals surface area contributed by atoms with Gasteiger partial charge < -0.3 is 9.51 Å². The molecule has 0 saturated heterocycles. The largest absolute Gasteiger partial charge is 0.351 e. The lowest BCUT2D eigenvalue weighted by Crippen LogP contribution is -1.89. The lowest BCUT2D eigenvalue weighted by molar-refractivity contribution is 0.397. The van der Waals surface area contributed by atoms with E-state index < -0.39 is 0 Å². The normalized spacial score (nSPS) is 10.7. The standard InChI is InChI=1S/C13H11N4O/c1-2-4-10(5-3-1)13-16-12(18-17-13)7-6-11-8-14-9-15-11/h1-5,7-9H,6H2,(H,14,15). The quantitative estimate of drug-likeness (QED) is 0.758. The van der Waals surface area contributed by atoms with E-state index in [0.29, 0.717) is 18.1 Å². The first-order valence-corrected chi connectivity index (χ1v) is 5.62. The van der Waals surface area contributed by atoms with Gasteiger partial charge in [0.25, 0.3) is 0 Å². The molecule has 0 atom stereocenters. The van der Waals surface area contributed by atoms with E-state index in [1.165, 1.54) is 0 Å². The highest BCUT2D eigenvalue weighted by molar-refractivity contribution is 5.53. The first kappa shape index (κ1) is 10.7. The van der Waals surface area contributed by atoms with Gasteiger partial charge in [-0.3, -0.25) is 0 Å². The van der Waals surface area contributed by atoms with Crippen molar-refractivity contribution in [1.29, 1.82) is 0 Å². The van der Waals surface area contributed by atoms with Crippen molar-refractivity contribution in [1.82, 2.24) is 20.1 Å². The Balaban J connectivity index is 1.70. The summed E-state index contributed by atoms with van der Waals surface area (Å²) in [7, 11) is 0. The Hall–Kier alpha value is -2.43. The lowest BCUT2D eigenvalue weighted by Gasteiger charge is -1.91. The van der Waals surface area contributed by atoms with Crippen molar-refractivity contribution in [3.8, 4) is 11.4 Å². The number of H-pyrrole nitrogens is 1. The Morgan fingerprint density at radius 3 is 2.89 bits per heavy atom. The summed E-state index contributed by atoms with van der Waals surface area (Å²) in [4.78, 5) is 11.3. The zero-order valence-corrected chi connectivity index (χ0v) is 9.58. The van der Waals surface area contributed by atoms with Crippen LogP contribution >= 0.6 is 0 Å². The molecule has 1 radical (unpaired) electrons. The third-order valence-electron chi connectivity index (χ3n) is 2.51. The number of rotatable bonds is 4. The first-order chi connectivity index (χ1) is 8.92. The summed E-state index contributed by atoms with van der Waals surface area (Å²) < 4.78 is 5.16. The molecule has 3 aromatic rings. The molecule has 5 heteroatoms. The van der Waals surface area contributed by atoms with E-state index in [-0.39, 0.29) is 0 Å². The SMILES string of the molecule is [CH](Cc1c[nH]cn1)c1nc(-c2ccccc2)no1. The third kappa shape index (κ3) is 2.29. The summed E-state index contributed by atoms with van der Waals surface area (Å²) in [6, 6.07) is 9.73. The van der Waals surface area contributed by atoms with Gasteiger partial charge in [-0.15, -0.1) is 0 Å². The van der Waals surface area contributed by atoms with Crippen molar-refractivity contribution in [2.24, 2.45) is 0 Å². The molecule has 3 rings (SSSR count). The van der Waals surface area contributed by atoms with E-state index in [2.05, 4.69) is 20.1 Å². The maximum atomic E-state index is 5.16. The van der Waals surface area contributed by atoms with Crippen molar-refractivity contribution in [3.63, 3.8) is 0 Å². The van der Waals surface area contributed by atoms with Gasteiger partial charge in [0.05, 0.1) is 18.4 Å². The van der Waals surface area contributed by atoms with Crippen molar-refractivity contribution >= 4 is 0 Å². The molecule has 0 aliphatic carbocycles. The van der Waals surface area contributed by atoms with Crippen molar-refractivity contribution < 1.29 is 4.52 Å². The molecule has 5 nitrogen and oxygen atoms in total. The minimum Gasteiger partial charge on any atom is -0.351 e. The summed E-state index contributed by atoms with van der Waals surface area (Å²) >= 11 is 0. The summed E-state index contributed by atoms with van der Waals surface area (Å²) in [6.07, 6.45) is 6.01. The molecule has 1 N–H and O–H groups in total. The van der Waals surface area contributed by atoms with Crippen LogP contribution in [0.25, 0.3) is 11.4 Å². The van der Waals surface area contributed by atoms with E-state index in [1.54, 1.807) is 6.33 Å². The molecule has 2 heterocycles. The van der Waals surface area contributed by atoms with Gasteiger partial charge >= 0.3 is 0 Å². The molecule has 2 aromatic heterocycles. The average Bonchev–Trinajstić information content (AvgIpc) is 3.09. The predicted octanol–water partition coefficient (Wildman–Crippen LogP) is 2.25. The minimum absolute atomic E-state index is 0.511. The van der Waals surface area contributed by atoms with E-state index >= 15 is 0 Å². The van der Waals surface area contributed by atoms with E-state index in [1.807, 2.05) is 42.9 Å². The highest BCUT2D eigenvalue weighted by Gasteiger charge is 2.08. The van der Waals surface area contributed by atoms with Crippen LogP contribution in [0.5, 0.6) is 0 Å². The Kier molecular flexibility index (Phi) is 2.87. The molecule has 1 aromatic carbocycles. The second kappa shape index (κ2) is 4.83. The van der Waals surface area contributed by atoms with Crippen LogP contribution in [0.15, 0.2) is 47.4 Å². The van der Waals surface area contributed by atoms with Gasteiger partial charge in [-0.05, 0) is 0 Å². The highest BCUT2D eigenvalue weighted by Crippen LogP contribution is 2.15. The van der Waals surface area contributed by atoms with Gasteiger partial charge in [0, 0.05) is 18.2 Å². The van der Waals surface area contributed by atoms with Crippen LogP contribution in [-0.4, -0.2) is 20.1 Å². The molecule has 0 saturated carbocycles. The zero-order valence-electron chi connectivity index (χ0n) is 9.58. The third-order valence-corrected chi connectivity index (χ3v) is 2.51. The molecule has 0 fully saturated rings. The van der Waals surface area contributed by atoms with Crippen LogP contribution < -0.4 is 0 Å². The molecule has 0 unspecified atom stereocenters. The number of aromatic nitrogens is 4. The van der Waals surface area contributed by atoms with Gasteiger partial charge in [0.2, 0.25) is 11.7 Å². The zero-order chi connectivity index (χ0) is 12.2. The molecular formula is C13H11N4O. The van der Waals surface area contributed by atoms with Crippen molar-refractivity contribution in [3.05, 3.63) is 60.9 Å². The Morgan fingerprint density at radius 1 is 1.22 bits per heavy atom. The van der Waals surface area contributed by atoms with Gasteiger partial charge in [0.1, 0.15) is 0 Å². The van der Waals surface area contributed by atoms with Crippen LogP contribution in [0.4, 0.5) is 0 Å². The fourth-order valence-electron chi connectivity index (χ4n) is 1.62. The number of aromatic amines is 1. The topological polar surface area (TPSA) is 67.6 Å². The molecule has 0 aliphatic heterocycles. The second-order valence-electron chi connectivity index (χ2n) is 3.79. The van der Waals surface area contributed by atoms with Gasteiger partial charge in [-0.2, -0.15) is 4.98 Å². The average molecular weight is 239 g/mol.